The first-order valence-corrected chi connectivity index (χ1v) is 6.76. The Morgan fingerprint density at radius 2 is 1.73 bits per heavy atom. The standard InChI is InChI=1S/C17H14FN3O/c1-11-2-8-14(9-3-11)21-10-20-17(19)15(21)16(22)12-4-6-13(18)7-5-12/h2-10H,19H2,1H3. The van der Waals surface area contributed by atoms with Gasteiger partial charge in [-0.25, -0.2) is 9.37 Å². The summed E-state index contributed by atoms with van der Waals surface area (Å²) in [5.74, 6) is -0.540. The first-order chi connectivity index (χ1) is 10.6. The number of carbonyl (C=O) groups excluding carboxylic acids is 1. The van der Waals surface area contributed by atoms with Crippen LogP contribution < -0.4 is 5.73 Å². The highest BCUT2D eigenvalue weighted by Gasteiger charge is 2.19. The van der Waals surface area contributed by atoms with Gasteiger partial charge in [0.25, 0.3) is 0 Å². The molecule has 0 bridgehead atoms. The van der Waals surface area contributed by atoms with Gasteiger partial charge in [-0.1, -0.05) is 17.7 Å². The van der Waals surface area contributed by atoms with Crippen molar-refractivity contribution < 1.29 is 9.18 Å². The third kappa shape index (κ3) is 2.48. The molecule has 5 heteroatoms. The lowest BCUT2D eigenvalue weighted by Crippen LogP contribution is -2.11. The predicted octanol–water partition coefficient (Wildman–Crippen LogP) is 3.13. The fourth-order valence-electron chi connectivity index (χ4n) is 2.23. The van der Waals surface area contributed by atoms with E-state index in [-0.39, 0.29) is 17.3 Å². The number of rotatable bonds is 3. The van der Waals surface area contributed by atoms with Crippen molar-refractivity contribution in [3.63, 3.8) is 0 Å². The first-order valence-electron chi connectivity index (χ1n) is 6.76. The Labute approximate surface area is 127 Å². The molecule has 1 aromatic heterocycles. The molecule has 0 aliphatic carbocycles. The number of nitrogens with two attached hydrogens (primary N) is 1. The number of ketones is 1. The Kier molecular flexibility index (Phi) is 3.47. The van der Waals surface area contributed by atoms with Crippen LogP contribution in [0.5, 0.6) is 0 Å². The summed E-state index contributed by atoms with van der Waals surface area (Å²) in [6, 6.07) is 13.0. The Morgan fingerprint density at radius 3 is 2.36 bits per heavy atom. The molecular weight excluding hydrogens is 281 g/mol. The SMILES string of the molecule is Cc1ccc(-n2cnc(N)c2C(=O)c2ccc(F)cc2)cc1. The number of hydrogen-bond donors (Lipinski definition) is 1. The molecule has 0 aliphatic rings. The van der Waals surface area contributed by atoms with Crippen LogP contribution in [0.1, 0.15) is 21.6 Å². The van der Waals surface area contributed by atoms with E-state index in [9.17, 15) is 9.18 Å². The highest BCUT2D eigenvalue weighted by atomic mass is 19.1. The van der Waals surface area contributed by atoms with E-state index >= 15 is 0 Å². The molecule has 0 unspecified atom stereocenters. The highest BCUT2D eigenvalue weighted by molar-refractivity contribution is 6.10. The molecule has 0 fully saturated rings. The van der Waals surface area contributed by atoms with Crippen LogP contribution in [0.3, 0.4) is 0 Å². The summed E-state index contributed by atoms with van der Waals surface area (Å²) >= 11 is 0. The molecule has 0 saturated carbocycles. The zero-order chi connectivity index (χ0) is 15.7. The molecule has 2 N–H and O–H groups in total. The van der Waals surface area contributed by atoms with Crippen LogP contribution >= 0.6 is 0 Å². The predicted molar refractivity (Wildman–Crippen MR) is 82.5 cm³/mol. The fraction of sp³-hybridized carbons (Fsp3) is 0.0588. The van der Waals surface area contributed by atoms with Gasteiger partial charge in [0.2, 0.25) is 5.78 Å². The van der Waals surface area contributed by atoms with Crippen LogP contribution in [0.2, 0.25) is 0 Å². The average Bonchev–Trinajstić information content (AvgIpc) is 2.90. The molecule has 1 heterocycles. The second-order valence-electron chi connectivity index (χ2n) is 5.02. The molecule has 2 aromatic carbocycles. The Hall–Kier alpha value is -2.95. The Balaban J connectivity index is 2.07. The fourth-order valence-corrected chi connectivity index (χ4v) is 2.23. The largest absolute Gasteiger partial charge is 0.382 e. The van der Waals surface area contributed by atoms with Gasteiger partial charge < -0.3 is 5.73 Å². The number of nitrogen functional groups attached to an aromatic ring is 1. The topological polar surface area (TPSA) is 60.9 Å². The smallest absolute Gasteiger partial charge is 0.213 e. The maximum Gasteiger partial charge on any atom is 0.213 e. The molecule has 3 aromatic rings. The number of hydrogen-bond acceptors (Lipinski definition) is 3. The number of aryl methyl sites for hydroxylation is 1. The summed E-state index contributed by atoms with van der Waals surface area (Å²) in [6.07, 6.45) is 1.51. The number of nitrogens with zero attached hydrogens (tertiary/aromatic N) is 2. The monoisotopic (exact) mass is 295 g/mol. The van der Waals surface area contributed by atoms with Crippen molar-refractivity contribution in [2.75, 3.05) is 5.73 Å². The van der Waals surface area contributed by atoms with Crippen molar-refractivity contribution in [2.45, 2.75) is 6.92 Å². The number of benzene rings is 2. The Bertz CT molecular complexity index is 820. The van der Waals surface area contributed by atoms with E-state index < -0.39 is 5.82 Å². The molecule has 0 atom stereocenters. The van der Waals surface area contributed by atoms with E-state index in [1.54, 1.807) is 4.57 Å². The van der Waals surface area contributed by atoms with Gasteiger partial charge in [-0.3, -0.25) is 9.36 Å². The quantitative estimate of drug-likeness (QED) is 0.755. The van der Waals surface area contributed by atoms with Gasteiger partial charge >= 0.3 is 0 Å². The van der Waals surface area contributed by atoms with Gasteiger partial charge in [-0.05, 0) is 43.3 Å². The second kappa shape index (κ2) is 5.44. The first kappa shape index (κ1) is 14.0. The zero-order valence-electron chi connectivity index (χ0n) is 12.0. The number of anilines is 1. The van der Waals surface area contributed by atoms with Crippen molar-refractivity contribution in [1.82, 2.24) is 9.55 Å². The van der Waals surface area contributed by atoms with Crippen LogP contribution in [0.15, 0.2) is 54.9 Å². The molecule has 0 radical (unpaired) electrons. The normalized spacial score (nSPS) is 10.6. The maximum atomic E-state index is 13.0. The molecule has 110 valence electrons. The summed E-state index contributed by atoms with van der Waals surface area (Å²) in [7, 11) is 0. The van der Waals surface area contributed by atoms with Gasteiger partial charge in [-0.2, -0.15) is 0 Å². The minimum atomic E-state index is -0.392. The van der Waals surface area contributed by atoms with Crippen molar-refractivity contribution in [2.24, 2.45) is 0 Å². The molecule has 0 saturated heterocycles. The minimum Gasteiger partial charge on any atom is -0.382 e. The maximum absolute atomic E-state index is 13.0. The Morgan fingerprint density at radius 1 is 1.09 bits per heavy atom. The minimum absolute atomic E-state index is 0.148. The number of halogens is 1. The third-order valence-electron chi connectivity index (χ3n) is 3.43. The molecule has 3 rings (SSSR count). The van der Waals surface area contributed by atoms with E-state index in [1.165, 1.54) is 30.6 Å². The van der Waals surface area contributed by atoms with E-state index in [4.69, 9.17) is 5.73 Å². The molecule has 4 nitrogen and oxygen atoms in total. The van der Waals surface area contributed by atoms with Crippen molar-refractivity contribution in [3.8, 4) is 5.69 Å². The zero-order valence-corrected chi connectivity index (χ0v) is 12.0. The van der Waals surface area contributed by atoms with Gasteiger partial charge in [0.05, 0.1) is 0 Å². The summed E-state index contributed by atoms with van der Waals surface area (Å²) in [5.41, 5.74) is 8.39. The van der Waals surface area contributed by atoms with Crippen LogP contribution in [-0.4, -0.2) is 15.3 Å². The van der Waals surface area contributed by atoms with Gasteiger partial charge in [-0.15, -0.1) is 0 Å². The van der Waals surface area contributed by atoms with Gasteiger partial charge in [0.15, 0.2) is 5.82 Å². The highest BCUT2D eigenvalue weighted by Crippen LogP contribution is 2.20. The summed E-state index contributed by atoms with van der Waals surface area (Å²) in [6.45, 7) is 1.98. The lowest BCUT2D eigenvalue weighted by Gasteiger charge is -2.08. The van der Waals surface area contributed by atoms with E-state index in [0.717, 1.165) is 11.3 Å². The molecule has 0 spiro atoms. The lowest BCUT2D eigenvalue weighted by molar-refractivity contribution is 0.103. The second-order valence-corrected chi connectivity index (χ2v) is 5.02. The molecule has 0 aliphatic heterocycles. The van der Waals surface area contributed by atoms with E-state index in [1.807, 2.05) is 31.2 Å². The number of imidazole rings is 1. The van der Waals surface area contributed by atoms with Crippen molar-refractivity contribution in [1.29, 1.82) is 0 Å². The van der Waals surface area contributed by atoms with Crippen molar-refractivity contribution >= 4 is 11.6 Å². The lowest BCUT2D eigenvalue weighted by atomic mass is 10.1. The van der Waals surface area contributed by atoms with Crippen LogP contribution in [0, 0.1) is 12.7 Å². The van der Waals surface area contributed by atoms with Gasteiger partial charge in [0, 0.05) is 11.3 Å². The average molecular weight is 295 g/mol. The van der Waals surface area contributed by atoms with Crippen LogP contribution in [0.25, 0.3) is 5.69 Å². The van der Waals surface area contributed by atoms with Gasteiger partial charge in [0.1, 0.15) is 17.8 Å². The molecular formula is C17H14FN3O. The number of aromatic nitrogens is 2. The third-order valence-corrected chi connectivity index (χ3v) is 3.43. The van der Waals surface area contributed by atoms with Crippen LogP contribution in [-0.2, 0) is 0 Å². The van der Waals surface area contributed by atoms with E-state index in [2.05, 4.69) is 4.98 Å². The summed E-state index contributed by atoms with van der Waals surface area (Å²) < 4.78 is 14.6. The number of carbonyl (C=O) groups is 1. The van der Waals surface area contributed by atoms with Crippen LogP contribution in [0.4, 0.5) is 10.2 Å². The summed E-state index contributed by atoms with van der Waals surface area (Å²) in [4.78, 5) is 16.7. The summed E-state index contributed by atoms with van der Waals surface area (Å²) in [5, 5.41) is 0. The molecule has 0 amide bonds. The molecule has 22 heavy (non-hydrogen) atoms. The van der Waals surface area contributed by atoms with E-state index in [0.29, 0.717) is 5.56 Å². The van der Waals surface area contributed by atoms with Crippen molar-refractivity contribution in [3.05, 3.63) is 77.5 Å².